The summed E-state index contributed by atoms with van der Waals surface area (Å²) in [7, 11) is 0. The van der Waals surface area contributed by atoms with Crippen LogP contribution < -0.4 is 10.9 Å². The molecule has 2 heterocycles. The molecule has 0 unspecified atom stereocenters. The minimum absolute atomic E-state index is 0.000440. The number of urea groups is 1. The zero-order chi connectivity index (χ0) is 19.4. The van der Waals surface area contributed by atoms with Crippen molar-refractivity contribution in [3.63, 3.8) is 0 Å². The van der Waals surface area contributed by atoms with Crippen LogP contribution in [0.1, 0.15) is 11.1 Å². The van der Waals surface area contributed by atoms with E-state index in [0.717, 1.165) is 22.9 Å². The fourth-order valence-corrected chi connectivity index (χ4v) is 2.68. The number of morpholine rings is 1. The highest BCUT2D eigenvalue weighted by Crippen LogP contribution is 2.28. The van der Waals surface area contributed by atoms with Gasteiger partial charge >= 0.3 is 12.2 Å². The molecule has 1 saturated heterocycles. The fourth-order valence-electron chi connectivity index (χ4n) is 2.68. The number of aromatic nitrogens is 1. The minimum atomic E-state index is -4.51. The minimum Gasteiger partial charge on any atom is -0.378 e. The van der Waals surface area contributed by atoms with Crippen LogP contribution in [0.5, 0.6) is 0 Å². The largest absolute Gasteiger partial charge is 0.417 e. The van der Waals surface area contributed by atoms with Crippen LogP contribution >= 0.6 is 0 Å². The Bertz CT molecular complexity index is 857. The van der Waals surface area contributed by atoms with Crippen molar-refractivity contribution in [2.45, 2.75) is 12.7 Å². The van der Waals surface area contributed by atoms with E-state index in [-0.39, 0.29) is 12.6 Å². The van der Waals surface area contributed by atoms with Gasteiger partial charge in [-0.25, -0.2) is 4.79 Å². The van der Waals surface area contributed by atoms with Gasteiger partial charge in [-0.05, 0) is 23.8 Å². The number of anilines is 1. The van der Waals surface area contributed by atoms with Gasteiger partial charge in [0.1, 0.15) is 0 Å². The maximum absolute atomic E-state index is 12.8. The quantitative estimate of drug-likeness (QED) is 0.889. The molecule has 0 aliphatic carbocycles. The van der Waals surface area contributed by atoms with Crippen LogP contribution in [0.25, 0.3) is 0 Å². The molecule has 2 aromatic rings. The van der Waals surface area contributed by atoms with E-state index < -0.39 is 17.3 Å². The Kier molecular flexibility index (Phi) is 5.50. The fraction of sp³-hybridized carbons (Fsp3) is 0.333. The van der Waals surface area contributed by atoms with Crippen LogP contribution in [-0.4, -0.2) is 41.8 Å². The summed E-state index contributed by atoms with van der Waals surface area (Å²) in [6.07, 6.45) is -3.71. The van der Waals surface area contributed by atoms with Crippen molar-refractivity contribution in [1.29, 1.82) is 0 Å². The molecule has 0 spiro atoms. The van der Waals surface area contributed by atoms with Gasteiger partial charge in [0, 0.05) is 31.0 Å². The van der Waals surface area contributed by atoms with E-state index in [1.54, 1.807) is 29.2 Å². The van der Waals surface area contributed by atoms with Crippen LogP contribution in [0.3, 0.4) is 0 Å². The average Bonchev–Trinajstić information content (AvgIpc) is 2.65. The van der Waals surface area contributed by atoms with E-state index in [4.69, 9.17) is 4.74 Å². The first-order chi connectivity index (χ1) is 12.8. The Hall–Kier alpha value is -2.81. The molecule has 1 aliphatic rings. The Morgan fingerprint density at radius 3 is 2.37 bits per heavy atom. The number of pyridine rings is 1. The van der Waals surface area contributed by atoms with E-state index in [1.165, 1.54) is 0 Å². The average molecular weight is 381 g/mol. The van der Waals surface area contributed by atoms with Crippen molar-refractivity contribution in [2.24, 2.45) is 0 Å². The molecule has 0 radical (unpaired) electrons. The van der Waals surface area contributed by atoms with Crippen molar-refractivity contribution >= 4 is 11.7 Å². The molecule has 1 aromatic heterocycles. The molecule has 0 atom stereocenters. The molecule has 9 heteroatoms. The molecule has 6 nitrogen and oxygen atoms in total. The second kappa shape index (κ2) is 7.83. The number of alkyl halides is 3. The van der Waals surface area contributed by atoms with E-state index in [0.29, 0.717) is 37.6 Å². The van der Waals surface area contributed by atoms with Crippen LogP contribution in [0, 0.1) is 0 Å². The first kappa shape index (κ1) is 19.0. The summed E-state index contributed by atoms with van der Waals surface area (Å²) in [6.45, 7) is 2.03. The van der Waals surface area contributed by atoms with Crippen LogP contribution in [0.2, 0.25) is 0 Å². The third-order valence-electron chi connectivity index (χ3n) is 4.17. The molecule has 1 fully saturated rings. The number of carbonyl (C=O) groups excluding carboxylic acids is 1. The SMILES string of the molecule is O=C(Nc1ccc(Cn2cc(C(F)(F)F)ccc2=O)cc1)N1CCOCC1. The maximum atomic E-state index is 12.8. The standard InChI is InChI=1S/C18H18F3N3O3/c19-18(20,21)14-3-6-16(25)24(12-14)11-13-1-4-15(5-2-13)22-17(26)23-7-9-27-10-8-23/h1-6,12H,7-11H2,(H,22,26). The van der Waals surface area contributed by atoms with E-state index in [1.807, 2.05) is 0 Å². The number of carbonyl (C=O) groups is 1. The second-order valence-electron chi connectivity index (χ2n) is 6.11. The Balaban J connectivity index is 1.67. The molecule has 1 aliphatic heterocycles. The number of ether oxygens (including phenoxy) is 1. The van der Waals surface area contributed by atoms with Gasteiger partial charge in [-0.3, -0.25) is 4.79 Å². The summed E-state index contributed by atoms with van der Waals surface area (Å²) in [5, 5.41) is 2.76. The lowest BCUT2D eigenvalue weighted by atomic mass is 10.2. The van der Waals surface area contributed by atoms with Gasteiger partial charge in [-0.2, -0.15) is 13.2 Å². The van der Waals surface area contributed by atoms with Crippen molar-refractivity contribution in [2.75, 3.05) is 31.6 Å². The maximum Gasteiger partial charge on any atom is 0.417 e. The van der Waals surface area contributed by atoms with Gasteiger partial charge in [0.25, 0.3) is 5.56 Å². The van der Waals surface area contributed by atoms with Crippen LogP contribution in [0.15, 0.2) is 47.4 Å². The summed E-state index contributed by atoms with van der Waals surface area (Å²) < 4.78 is 44.6. The molecular weight excluding hydrogens is 363 g/mol. The normalized spacial score (nSPS) is 14.9. The molecule has 1 aromatic carbocycles. The molecule has 144 valence electrons. The third-order valence-corrected chi connectivity index (χ3v) is 4.17. The smallest absolute Gasteiger partial charge is 0.378 e. The van der Waals surface area contributed by atoms with Crippen molar-refractivity contribution in [1.82, 2.24) is 9.47 Å². The zero-order valence-electron chi connectivity index (χ0n) is 14.3. The highest BCUT2D eigenvalue weighted by molar-refractivity contribution is 5.89. The van der Waals surface area contributed by atoms with Crippen LogP contribution in [-0.2, 0) is 17.5 Å². The Morgan fingerprint density at radius 2 is 1.74 bits per heavy atom. The first-order valence-electron chi connectivity index (χ1n) is 8.33. The van der Waals surface area contributed by atoms with Gasteiger partial charge in [0.15, 0.2) is 0 Å². The number of hydrogen-bond donors (Lipinski definition) is 1. The molecule has 2 amide bonds. The molecule has 3 rings (SSSR count). The number of amides is 2. The van der Waals surface area contributed by atoms with Gasteiger partial charge in [-0.15, -0.1) is 0 Å². The van der Waals surface area contributed by atoms with Gasteiger partial charge in [0.05, 0.1) is 25.3 Å². The lowest BCUT2D eigenvalue weighted by molar-refractivity contribution is -0.138. The molecule has 0 saturated carbocycles. The number of nitrogens with zero attached hydrogens (tertiary/aromatic N) is 2. The predicted octanol–water partition coefficient (Wildman–Crippen LogP) is 2.78. The highest BCUT2D eigenvalue weighted by Gasteiger charge is 2.31. The summed E-state index contributed by atoms with van der Waals surface area (Å²) in [4.78, 5) is 25.6. The number of benzene rings is 1. The predicted molar refractivity (Wildman–Crippen MR) is 92.7 cm³/mol. The topological polar surface area (TPSA) is 63.6 Å². The van der Waals surface area contributed by atoms with E-state index in [9.17, 15) is 22.8 Å². The van der Waals surface area contributed by atoms with E-state index >= 15 is 0 Å². The lowest BCUT2D eigenvalue weighted by Crippen LogP contribution is -2.43. The number of hydrogen-bond acceptors (Lipinski definition) is 3. The Labute approximate surface area is 153 Å². The summed E-state index contributed by atoms with van der Waals surface area (Å²) in [5.74, 6) is 0. The highest BCUT2D eigenvalue weighted by atomic mass is 19.4. The second-order valence-corrected chi connectivity index (χ2v) is 6.11. The van der Waals surface area contributed by atoms with Crippen molar-refractivity contribution < 1.29 is 22.7 Å². The molecule has 27 heavy (non-hydrogen) atoms. The van der Waals surface area contributed by atoms with Crippen LogP contribution in [0.4, 0.5) is 23.7 Å². The number of nitrogens with one attached hydrogen (secondary N) is 1. The first-order valence-corrected chi connectivity index (χ1v) is 8.33. The van der Waals surface area contributed by atoms with Crippen molar-refractivity contribution in [3.05, 3.63) is 64.1 Å². The van der Waals surface area contributed by atoms with Gasteiger partial charge in [0.2, 0.25) is 0 Å². The monoisotopic (exact) mass is 381 g/mol. The Morgan fingerprint density at radius 1 is 1.07 bits per heavy atom. The lowest BCUT2D eigenvalue weighted by Gasteiger charge is -2.26. The summed E-state index contributed by atoms with van der Waals surface area (Å²) in [5.41, 5.74) is -0.198. The third kappa shape index (κ3) is 4.88. The molecular formula is C18H18F3N3O3. The molecule has 1 N–H and O–H groups in total. The zero-order valence-corrected chi connectivity index (χ0v) is 14.3. The number of halogens is 3. The van der Waals surface area contributed by atoms with Gasteiger partial charge < -0.3 is 19.5 Å². The van der Waals surface area contributed by atoms with Crippen molar-refractivity contribution in [3.8, 4) is 0 Å². The van der Waals surface area contributed by atoms with E-state index in [2.05, 4.69) is 5.32 Å². The summed E-state index contributed by atoms with van der Waals surface area (Å²) in [6, 6.07) is 8.03. The molecule has 0 bridgehead atoms. The van der Waals surface area contributed by atoms with Gasteiger partial charge in [-0.1, -0.05) is 12.1 Å². The summed E-state index contributed by atoms with van der Waals surface area (Å²) >= 11 is 0. The number of rotatable bonds is 3.